The predicted octanol–water partition coefficient (Wildman–Crippen LogP) is 6.11. The molecule has 3 heteroatoms. The summed E-state index contributed by atoms with van der Waals surface area (Å²) in [6.45, 7) is 6.91. The average molecular weight is 429 g/mol. The van der Waals surface area contributed by atoms with E-state index >= 15 is 0 Å². The molecule has 0 N–H and O–H groups in total. The van der Waals surface area contributed by atoms with Crippen LogP contribution in [-0.4, -0.2) is 31.5 Å². The van der Waals surface area contributed by atoms with Gasteiger partial charge in [-0.3, -0.25) is 0 Å². The zero-order valence-corrected chi connectivity index (χ0v) is 18.9. The molecule has 0 aliphatic rings. The van der Waals surface area contributed by atoms with Gasteiger partial charge in [0.05, 0.1) is 0 Å². The number of esters is 1. The van der Waals surface area contributed by atoms with Gasteiger partial charge in [-0.15, -0.1) is 0 Å². The van der Waals surface area contributed by atoms with Crippen LogP contribution in [0.5, 0.6) is 0 Å². The van der Waals surface area contributed by atoms with Crippen molar-refractivity contribution in [3.05, 3.63) is 0 Å². The Morgan fingerprint density at radius 3 is 1.83 bits per heavy atom. The van der Waals surface area contributed by atoms with Crippen LogP contribution in [0, 0.1) is 9.86 Å². The maximum atomic E-state index is 11.1. The van der Waals surface area contributed by atoms with Crippen molar-refractivity contribution in [3.8, 4) is 9.86 Å². The number of unbranched alkanes of at least 4 members (excludes halogenated alkanes) is 5. The van der Waals surface area contributed by atoms with Crippen LogP contribution in [-0.2, 0) is 9.53 Å². The van der Waals surface area contributed by atoms with Crippen LogP contribution in [0.25, 0.3) is 0 Å². The van der Waals surface area contributed by atoms with Crippen LogP contribution in [0.3, 0.4) is 0 Å². The van der Waals surface area contributed by atoms with E-state index in [0.717, 1.165) is 19.3 Å². The van der Waals surface area contributed by atoms with Crippen molar-refractivity contribution >= 4 is 24.3 Å². The van der Waals surface area contributed by atoms with Gasteiger partial charge in [0.25, 0.3) is 0 Å². The molecule has 0 aromatic carbocycles. The third kappa shape index (κ3) is 11.9. The van der Waals surface area contributed by atoms with Crippen LogP contribution in [0.2, 0.25) is 13.3 Å². The number of hydrogen-bond acceptors (Lipinski definition) is 2. The third-order valence-corrected chi connectivity index (χ3v) is 17.8. The van der Waals surface area contributed by atoms with Crippen molar-refractivity contribution in [1.82, 2.24) is 0 Å². The van der Waals surface area contributed by atoms with Gasteiger partial charge in [-0.25, -0.2) is 0 Å². The normalized spacial score (nSPS) is 11.0. The van der Waals surface area contributed by atoms with Gasteiger partial charge >= 0.3 is 149 Å². The van der Waals surface area contributed by atoms with E-state index in [1.54, 1.807) is 0 Å². The minimum atomic E-state index is -2.24. The van der Waals surface area contributed by atoms with Crippen molar-refractivity contribution in [3.63, 3.8) is 0 Å². The number of methoxy groups -OCH3 is 1. The first kappa shape index (κ1) is 22.8. The SMILES string of the molecule is CCC[CH2][Sn]([C]#CCCCCC(=O)OC)([CH2]CCC)[CH2]CCC. The van der Waals surface area contributed by atoms with Gasteiger partial charge in [0.2, 0.25) is 0 Å². The molecule has 0 atom stereocenters. The molecule has 0 bridgehead atoms. The summed E-state index contributed by atoms with van der Waals surface area (Å²) in [7, 11) is 1.46. The molecule has 0 radical (unpaired) electrons. The van der Waals surface area contributed by atoms with E-state index in [4.69, 9.17) is 0 Å². The summed E-state index contributed by atoms with van der Waals surface area (Å²) in [4.78, 5) is 11.1. The van der Waals surface area contributed by atoms with E-state index in [0.29, 0.717) is 6.42 Å². The van der Waals surface area contributed by atoms with Gasteiger partial charge in [0.15, 0.2) is 0 Å². The van der Waals surface area contributed by atoms with Gasteiger partial charge in [0.1, 0.15) is 0 Å². The summed E-state index contributed by atoms with van der Waals surface area (Å²) >= 11 is -2.24. The first-order valence-corrected chi connectivity index (χ1v) is 17.2. The van der Waals surface area contributed by atoms with Crippen molar-refractivity contribution in [2.75, 3.05) is 7.11 Å². The second-order valence-electron chi connectivity index (χ2n) is 6.68. The number of carbonyl (C=O) groups is 1. The first-order valence-electron chi connectivity index (χ1n) is 9.71. The van der Waals surface area contributed by atoms with Crippen LogP contribution in [0.4, 0.5) is 0 Å². The van der Waals surface area contributed by atoms with Crippen LogP contribution >= 0.6 is 0 Å². The molecule has 0 saturated carbocycles. The molecular formula is C20H38O2Sn. The second kappa shape index (κ2) is 15.4. The Kier molecular flexibility index (Phi) is 15.2. The molecule has 0 heterocycles. The van der Waals surface area contributed by atoms with Crippen molar-refractivity contribution < 1.29 is 9.53 Å². The number of carbonyl (C=O) groups excluding carboxylic acids is 1. The number of hydrogen-bond donors (Lipinski definition) is 0. The second-order valence-corrected chi connectivity index (χ2v) is 19.0. The molecule has 23 heavy (non-hydrogen) atoms. The van der Waals surface area contributed by atoms with E-state index in [1.165, 1.54) is 58.9 Å². The molecule has 0 amide bonds. The summed E-state index contributed by atoms with van der Waals surface area (Å²) in [5.74, 6) is 3.44. The fourth-order valence-corrected chi connectivity index (χ4v) is 16.4. The van der Waals surface area contributed by atoms with Gasteiger partial charge in [0, 0.05) is 0 Å². The topological polar surface area (TPSA) is 26.3 Å². The first-order chi connectivity index (χ1) is 11.1. The molecule has 2 nitrogen and oxygen atoms in total. The fourth-order valence-electron chi connectivity index (χ4n) is 2.94. The predicted molar refractivity (Wildman–Crippen MR) is 103 cm³/mol. The van der Waals surface area contributed by atoms with Crippen molar-refractivity contribution in [2.24, 2.45) is 0 Å². The Hall–Kier alpha value is -0.171. The monoisotopic (exact) mass is 430 g/mol. The maximum absolute atomic E-state index is 11.1. The summed E-state index contributed by atoms with van der Waals surface area (Å²) in [5.41, 5.74) is 0. The van der Waals surface area contributed by atoms with Crippen LogP contribution in [0.1, 0.15) is 85.0 Å². The molecule has 0 unspecified atom stereocenters. The third-order valence-electron chi connectivity index (χ3n) is 4.54. The zero-order chi connectivity index (χ0) is 17.4. The van der Waals surface area contributed by atoms with Gasteiger partial charge in [-0.1, -0.05) is 0 Å². The standard InChI is InChI=1S/C8H11O2.3C4H9.Sn/c1-3-4-5-6-7-8(9)10-2;3*1-3-4-2;/h4-7H2,2H3;3*1,3-4H2,2H3;. The van der Waals surface area contributed by atoms with Crippen LogP contribution < -0.4 is 0 Å². The summed E-state index contributed by atoms with van der Waals surface area (Å²) in [6.07, 6.45) is 11.5. The molecule has 0 aromatic rings. The Balaban J connectivity index is 4.56. The fraction of sp³-hybridized carbons (Fsp3) is 0.850. The van der Waals surface area contributed by atoms with E-state index < -0.39 is 18.4 Å². The van der Waals surface area contributed by atoms with E-state index in [9.17, 15) is 4.79 Å². The summed E-state index contributed by atoms with van der Waals surface area (Å²) in [5, 5.41) is 0. The molecule has 0 saturated heterocycles. The van der Waals surface area contributed by atoms with Crippen molar-refractivity contribution in [1.29, 1.82) is 0 Å². The van der Waals surface area contributed by atoms with Gasteiger partial charge in [-0.05, 0) is 0 Å². The molecule has 0 spiro atoms. The van der Waals surface area contributed by atoms with Gasteiger partial charge < -0.3 is 0 Å². The van der Waals surface area contributed by atoms with Crippen molar-refractivity contribution in [2.45, 2.75) is 98.3 Å². The number of ether oxygens (including phenoxy) is 1. The van der Waals surface area contributed by atoms with Crippen LogP contribution in [0.15, 0.2) is 0 Å². The summed E-state index contributed by atoms with van der Waals surface area (Å²) in [6, 6.07) is 0. The summed E-state index contributed by atoms with van der Waals surface area (Å²) < 4.78 is 12.9. The molecular weight excluding hydrogens is 391 g/mol. The minimum absolute atomic E-state index is 0.0969. The zero-order valence-electron chi connectivity index (χ0n) is 16.0. The Morgan fingerprint density at radius 2 is 1.39 bits per heavy atom. The van der Waals surface area contributed by atoms with E-state index in [-0.39, 0.29) is 5.97 Å². The molecule has 134 valence electrons. The Bertz CT molecular complexity index is 333. The molecule has 0 aromatic heterocycles. The quantitative estimate of drug-likeness (QED) is 0.153. The molecule has 0 rings (SSSR count). The average Bonchev–Trinajstić information content (AvgIpc) is 2.58. The number of rotatable bonds is 13. The van der Waals surface area contributed by atoms with Gasteiger partial charge in [-0.2, -0.15) is 0 Å². The van der Waals surface area contributed by atoms with E-state index in [2.05, 4.69) is 35.4 Å². The van der Waals surface area contributed by atoms with E-state index in [1.807, 2.05) is 0 Å². The Morgan fingerprint density at radius 1 is 0.870 bits per heavy atom. The molecule has 0 fully saturated rings. The molecule has 0 aliphatic carbocycles. The molecule has 0 aliphatic heterocycles. The Labute approximate surface area is 149 Å².